The first-order valence-corrected chi connectivity index (χ1v) is 12.8. The molecule has 0 saturated carbocycles. The van der Waals surface area contributed by atoms with Crippen LogP contribution in [0.1, 0.15) is 41.6 Å². The van der Waals surface area contributed by atoms with E-state index in [1.165, 1.54) is 6.33 Å². The Morgan fingerprint density at radius 1 is 0.868 bits per heavy atom. The van der Waals surface area contributed by atoms with E-state index < -0.39 is 0 Å². The second kappa shape index (κ2) is 9.84. The highest BCUT2D eigenvalue weighted by atomic mass is 16.1. The number of rotatable bonds is 5. The van der Waals surface area contributed by atoms with Gasteiger partial charge in [-0.25, -0.2) is 4.98 Å². The van der Waals surface area contributed by atoms with E-state index in [1.54, 1.807) is 16.8 Å². The van der Waals surface area contributed by atoms with Gasteiger partial charge in [-0.3, -0.25) is 14.3 Å². The molecule has 0 atom stereocenters. The van der Waals surface area contributed by atoms with E-state index in [2.05, 4.69) is 27.0 Å². The summed E-state index contributed by atoms with van der Waals surface area (Å²) in [6, 6.07) is 21.9. The van der Waals surface area contributed by atoms with Gasteiger partial charge in [0.15, 0.2) is 0 Å². The highest BCUT2D eigenvalue weighted by molar-refractivity contribution is 5.89. The highest BCUT2D eigenvalue weighted by Gasteiger charge is 2.27. The quantitative estimate of drug-likeness (QED) is 0.351. The van der Waals surface area contributed by atoms with E-state index in [-0.39, 0.29) is 12.1 Å². The SMILES string of the molecule is N#Cc1ccccc1Cn1c(N2CCCCC2)c(C#N)c2ncn(Cc3nccc4ccccc34)c(=O)c21. The normalized spacial score (nSPS) is 13.5. The average molecular weight is 500 g/mol. The number of fused-ring (bicyclic) bond motifs is 2. The lowest BCUT2D eigenvalue weighted by Crippen LogP contribution is -2.32. The summed E-state index contributed by atoms with van der Waals surface area (Å²) in [4.78, 5) is 25.5. The third-order valence-electron chi connectivity index (χ3n) is 7.31. The van der Waals surface area contributed by atoms with Crippen LogP contribution in [0.2, 0.25) is 0 Å². The van der Waals surface area contributed by atoms with Gasteiger partial charge in [-0.05, 0) is 42.3 Å². The minimum atomic E-state index is -0.237. The Morgan fingerprint density at radius 2 is 1.66 bits per heavy atom. The maximum atomic E-state index is 14.1. The summed E-state index contributed by atoms with van der Waals surface area (Å²) < 4.78 is 3.46. The fourth-order valence-corrected chi connectivity index (χ4v) is 5.46. The first-order chi connectivity index (χ1) is 18.7. The molecule has 5 aromatic rings. The predicted octanol–water partition coefficient (Wildman–Crippen LogP) is 4.58. The zero-order valence-electron chi connectivity index (χ0n) is 20.8. The molecule has 1 saturated heterocycles. The molecule has 0 unspecified atom stereocenters. The summed E-state index contributed by atoms with van der Waals surface area (Å²) in [6.07, 6.45) is 6.44. The second-order valence-electron chi connectivity index (χ2n) is 9.57. The number of pyridine rings is 1. The Bertz CT molecular complexity index is 1810. The van der Waals surface area contributed by atoms with Crippen molar-refractivity contribution in [2.45, 2.75) is 32.4 Å². The molecular weight excluding hydrogens is 474 g/mol. The van der Waals surface area contributed by atoms with Gasteiger partial charge in [-0.2, -0.15) is 10.5 Å². The molecule has 0 aliphatic carbocycles. The summed E-state index contributed by atoms with van der Waals surface area (Å²) in [5.74, 6) is 0.709. The van der Waals surface area contributed by atoms with Gasteiger partial charge in [0.25, 0.3) is 5.56 Å². The number of nitriles is 2. The maximum Gasteiger partial charge on any atom is 0.278 e. The van der Waals surface area contributed by atoms with Crippen LogP contribution in [-0.2, 0) is 13.1 Å². The number of aromatic nitrogens is 4. The molecule has 2 aromatic carbocycles. The maximum absolute atomic E-state index is 14.1. The first-order valence-electron chi connectivity index (χ1n) is 12.8. The average Bonchev–Trinajstić information content (AvgIpc) is 3.29. The molecule has 3 aromatic heterocycles. The number of piperidine rings is 1. The molecule has 8 nitrogen and oxygen atoms in total. The van der Waals surface area contributed by atoms with Crippen LogP contribution in [0.3, 0.4) is 0 Å². The van der Waals surface area contributed by atoms with E-state index in [4.69, 9.17) is 0 Å². The zero-order valence-corrected chi connectivity index (χ0v) is 20.8. The van der Waals surface area contributed by atoms with Gasteiger partial charge in [-0.1, -0.05) is 42.5 Å². The van der Waals surface area contributed by atoms with Crippen LogP contribution in [0.5, 0.6) is 0 Å². The molecule has 0 bridgehead atoms. The molecule has 1 aliphatic heterocycles. The Labute approximate surface area is 219 Å². The molecule has 1 aliphatic rings. The smallest absolute Gasteiger partial charge is 0.278 e. The molecule has 186 valence electrons. The van der Waals surface area contributed by atoms with Gasteiger partial charge in [0, 0.05) is 24.7 Å². The number of hydrogen-bond acceptors (Lipinski definition) is 6. The molecule has 0 spiro atoms. The van der Waals surface area contributed by atoms with Crippen molar-refractivity contribution in [2.24, 2.45) is 0 Å². The Morgan fingerprint density at radius 3 is 2.47 bits per heavy atom. The van der Waals surface area contributed by atoms with Crippen LogP contribution in [0.25, 0.3) is 21.8 Å². The second-order valence-corrected chi connectivity index (χ2v) is 9.57. The van der Waals surface area contributed by atoms with Gasteiger partial charge in [0.1, 0.15) is 28.5 Å². The highest BCUT2D eigenvalue weighted by Crippen LogP contribution is 2.33. The lowest BCUT2D eigenvalue weighted by molar-refractivity contribution is 0.564. The monoisotopic (exact) mass is 499 g/mol. The lowest BCUT2D eigenvalue weighted by atomic mass is 10.1. The van der Waals surface area contributed by atoms with E-state index in [0.717, 1.165) is 54.4 Å². The first kappa shape index (κ1) is 23.4. The summed E-state index contributed by atoms with van der Waals surface area (Å²) in [7, 11) is 0. The number of hydrogen-bond donors (Lipinski definition) is 0. The molecule has 1 fully saturated rings. The number of benzene rings is 2. The van der Waals surface area contributed by atoms with E-state index in [1.807, 2.05) is 53.1 Å². The van der Waals surface area contributed by atoms with Crippen molar-refractivity contribution in [3.63, 3.8) is 0 Å². The van der Waals surface area contributed by atoms with Gasteiger partial charge in [0.2, 0.25) is 0 Å². The molecule has 0 N–H and O–H groups in total. The lowest BCUT2D eigenvalue weighted by Gasteiger charge is -2.30. The summed E-state index contributed by atoms with van der Waals surface area (Å²) in [5, 5.41) is 22.0. The van der Waals surface area contributed by atoms with Crippen molar-refractivity contribution in [1.82, 2.24) is 19.1 Å². The van der Waals surface area contributed by atoms with Crippen LogP contribution >= 0.6 is 0 Å². The molecule has 0 radical (unpaired) electrons. The summed E-state index contributed by atoms with van der Waals surface area (Å²) >= 11 is 0. The minimum Gasteiger partial charge on any atom is -0.357 e. The van der Waals surface area contributed by atoms with Crippen LogP contribution in [0.15, 0.2) is 71.9 Å². The van der Waals surface area contributed by atoms with Crippen molar-refractivity contribution in [3.8, 4) is 12.1 Å². The van der Waals surface area contributed by atoms with E-state index >= 15 is 0 Å². The minimum absolute atomic E-state index is 0.237. The van der Waals surface area contributed by atoms with Gasteiger partial charge in [-0.15, -0.1) is 0 Å². The molecule has 4 heterocycles. The van der Waals surface area contributed by atoms with Gasteiger partial charge < -0.3 is 9.47 Å². The predicted molar refractivity (Wildman–Crippen MR) is 146 cm³/mol. The van der Waals surface area contributed by atoms with Gasteiger partial charge in [0.05, 0.1) is 36.7 Å². The van der Waals surface area contributed by atoms with Crippen LogP contribution in [-0.4, -0.2) is 32.2 Å². The third-order valence-corrected chi connectivity index (χ3v) is 7.31. The topological polar surface area (TPSA) is 104 Å². The Hall–Kier alpha value is -4.95. The fraction of sp³-hybridized carbons (Fsp3) is 0.233. The van der Waals surface area contributed by atoms with Gasteiger partial charge >= 0.3 is 0 Å². The zero-order chi connectivity index (χ0) is 26.1. The van der Waals surface area contributed by atoms with Crippen molar-refractivity contribution in [2.75, 3.05) is 18.0 Å². The standard InChI is InChI=1S/C30H25N7O/c31-16-22-9-2-3-10-23(22)18-37-28-27(25(17-32)29(37)35-14-6-1-7-15-35)34-20-36(30(28)38)19-26-24-11-5-4-8-21(24)12-13-33-26/h2-5,8-13,20H,1,6-7,14-15,18-19H2. The summed E-state index contributed by atoms with van der Waals surface area (Å²) in [6.45, 7) is 2.16. The Kier molecular flexibility index (Phi) is 6.07. The van der Waals surface area contributed by atoms with E-state index in [0.29, 0.717) is 34.5 Å². The van der Waals surface area contributed by atoms with Crippen molar-refractivity contribution < 1.29 is 0 Å². The van der Waals surface area contributed by atoms with Crippen LogP contribution in [0.4, 0.5) is 5.82 Å². The molecular formula is C30H25N7O. The third kappa shape index (κ3) is 3.97. The fourth-order valence-electron chi connectivity index (χ4n) is 5.46. The van der Waals surface area contributed by atoms with Crippen molar-refractivity contribution in [1.29, 1.82) is 10.5 Å². The number of nitrogens with zero attached hydrogens (tertiary/aromatic N) is 7. The van der Waals surface area contributed by atoms with Crippen LogP contribution < -0.4 is 10.5 Å². The molecule has 38 heavy (non-hydrogen) atoms. The largest absolute Gasteiger partial charge is 0.357 e. The number of anilines is 1. The van der Waals surface area contributed by atoms with Crippen LogP contribution in [0, 0.1) is 22.7 Å². The molecule has 8 heteroatoms. The molecule has 0 amide bonds. The van der Waals surface area contributed by atoms with E-state index in [9.17, 15) is 15.3 Å². The molecule has 6 rings (SSSR count). The summed E-state index contributed by atoms with van der Waals surface area (Å²) in [5.41, 5.74) is 3.05. The van der Waals surface area contributed by atoms with Crippen molar-refractivity contribution in [3.05, 3.63) is 99.9 Å². The Balaban J connectivity index is 1.57. The van der Waals surface area contributed by atoms with Crippen molar-refractivity contribution >= 4 is 27.6 Å².